The molecule has 1 fully saturated rings. The lowest BCUT2D eigenvalue weighted by molar-refractivity contribution is -0.122. The van der Waals surface area contributed by atoms with Gasteiger partial charge >= 0.3 is 0 Å². The number of halogens is 2. The van der Waals surface area contributed by atoms with Gasteiger partial charge in [0, 0.05) is 50.9 Å². The van der Waals surface area contributed by atoms with Crippen LogP contribution < -0.4 is 27.0 Å². The lowest BCUT2D eigenvalue weighted by atomic mass is 10.1. The van der Waals surface area contributed by atoms with Gasteiger partial charge in [0.1, 0.15) is 28.1 Å². The molecule has 0 spiro atoms. The second-order valence-corrected chi connectivity index (χ2v) is 11.2. The van der Waals surface area contributed by atoms with Crippen LogP contribution in [-0.4, -0.2) is 81.1 Å². The second kappa shape index (κ2) is 15.0. The van der Waals surface area contributed by atoms with Crippen LogP contribution in [0.1, 0.15) is 64.6 Å². The van der Waals surface area contributed by atoms with E-state index in [2.05, 4.69) is 31.2 Å². The number of carbonyl (C=O) groups excluding carboxylic acids is 4. The van der Waals surface area contributed by atoms with Gasteiger partial charge in [-0.3, -0.25) is 24.6 Å². The topological polar surface area (TPSA) is 200 Å². The molecule has 0 aromatic carbocycles. The van der Waals surface area contributed by atoms with Gasteiger partial charge in [0.15, 0.2) is 5.96 Å². The molecule has 232 valence electrons. The molecule has 4 amide bonds. The number of carbonyl (C=O) groups is 4. The lowest BCUT2D eigenvalue weighted by Crippen LogP contribution is -2.45. The van der Waals surface area contributed by atoms with Crippen molar-refractivity contribution in [2.24, 2.45) is 5.73 Å². The van der Waals surface area contributed by atoms with Gasteiger partial charge in [-0.05, 0) is 37.8 Å². The van der Waals surface area contributed by atoms with Crippen LogP contribution in [0.5, 0.6) is 0 Å². The Bertz CT molecular complexity index is 1500. The predicted molar refractivity (Wildman–Crippen MR) is 165 cm³/mol. The number of aromatic nitrogens is 3. The standard InChI is InChI=1S/C26H33ClN10O4S.ClH/c1-14(38)32-16-9-20(37(11-16)25(41)18-12-36-10-15(27)6-7-21(36)33-18)24-35-19(13-42-24)23(40)34-17(22(39)30-2)5-3-4-8-31-26(28)29;/h6-7,10,12-13,16-17,20H,3-5,8-9,11H2,1-2H3,(H,30,39)(H,32,38)(H,34,40)(H4,28,29,31);1H/t16-,17+,20-;/m1./s1. The summed E-state index contributed by atoms with van der Waals surface area (Å²) in [6, 6.07) is 1.81. The number of unbranched alkanes of at least 4 members (excludes halogenated alkanes) is 1. The minimum absolute atomic E-state index is 0. The van der Waals surface area contributed by atoms with Gasteiger partial charge in [0.05, 0.1) is 11.1 Å². The first-order valence-electron chi connectivity index (χ1n) is 13.3. The number of fused-ring (bicyclic) bond motifs is 1. The van der Waals surface area contributed by atoms with Crippen LogP contribution in [0.2, 0.25) is 5.02 Å². The van der Waals surface area contributed by atoms with Crippen molar-refractivity contribution in [3.8, 4) is 0 Å². The predicted octanol–water partition coefficient (Wildman–Crippen LogP) is 1.46. The summed E-state index contributed by atoms with van der Waals surface area (Å²) in [7, 11) is 1.49. The number of amides is 4. The monoisotopic (exact) mass is 652 g/mol. The van der Waals surface area contributed by atoms with E-state index in [0.717, 1.165) is 0 Å². The molecule has 17 heteroatoms. The molecule has 3 atom stereocenters. The zero-order valence-corrected chi connectivity index (χ0v) is 25.9. The molecule has 0 unspecified atom stereocenters. The van der Waals surface area contributed by atoms with Gasteiger partial charge in [0.25, 0.3) is 11.8 Å². The van der Waals surface area contributed by atoms with Crippen molar-refractivity contribution in [3.05, 3.63) is 51.3 Å². The summed E-state index contributed by atoms with van der Waals surface area (Å²) in [5.74, 6) is -1.53. The highest BCUT2D eigenvalue weighted by Crippen LogP contribution is 2.35. The van der Waals surface area contributed by atoms with Gasteiger partial charge < -0.3 is 36.3 Å². The van der Waals surface area contributed by atoms with Gasteiger partial charge in [-0.25, -0.2) is 9.97 Å². The molecule has 3 aromatic rings. The second-order valence-electron chi connectivity index (χ2n) is 9.89. The Labute approximate surface area is 263 Å². The average molecular weight is 654 g/mol. The number of likely N-dealkylation sites (N-methyl/N-ethyl adjacent to an activating group) is 1. The van der Waals surface area contributed by atoms with E-state index >= 15 is 0 Å². The number of pyridine rings is 1. The van der Waals surface area contributed by atoms with E-state index in [-0.39, 0.29) is 60.1 Å². The van der Waals surface area contributed by atoms with Crippen LogP contribution in [0, 0.1) is 5.41 Å². The van der Waals surface area contributed by atoms with E-state index in [0.29, 0.717) is 47.9 Å². The molecule has 0 radical (unpaired) electrons. The molecule has 4 heterocycles. The summed E-state index contributed by atoms with van der Waals surface area (Å²) in [5, 5.41) is 20.7. The van der Waals surface area contributed by atoms with Crippen molar-refractivity contribution in [3.63, 3.8) is 0 Å². The number of thiazole rings is 1. The number of likely N-dealkylation sites (tertiary alicyclic amines) is 1. The van der Waals surface area contributed by atoms with E-state index < -0.39 is 18.0 Å². The quantitative estimate of drug-likeness (QED) is 0.101. The van der Waals surface area contributed by atoms with Crippen LogP contribution in [0.3, 0.4) is 0 Å². The minimum atomic E-state index is -0.776. The largest absolute Gasteiger partial charge is 0.370 e. The van der Waals surface area contributed by atoms with Crippen molar-refractivity contribution < 1.29 is 19.2 Å². The highest BCUT2D eigenvalue weighted by Gasteiger charge is 2.39. The first-order valence-corrected chi connectivity index (χ1v) is 14.6. The summed E-state index contributed by atoms with van der Waals surface area (Å²) >= 11 is 7.30. The van der Waals surface area contributed by atoms with E-state index in [1.54, 1.807) is 39.2 Å². The number of imidazole rings is 1. The van der Waals surface area contributed by atoms with Crippen LogP contribution >= 0.6 is 35.3 Å². The Kier molecular flexibility index (Phi) is 11.7. The molecule has 0 bridgehead atoms. The number of nitrogens with two attached hydrogens (primary N) is 1. The van der Waals surface area contributed by atoms with E-state index in [1.165, 1.54) is 25.3 Å². The highest BCUT2D eigenvalue weighted by atomic mass is 35.5. The fraction of sp³-hybridized carbons (Fsp3) is 0.423. The summed E-state index contributed by atoms with van der Waals surface area (Å²) in [6.07, 6.45) is 5.32. The maximum Gasteiger partial charge on any atom is 0.274 e. The van der Waals surface area contributed by atoms with Crippen LogP contribution in [0.15, 0.2) is 29.9 Å². The number of hydrogen-bond acceptors (Lipinski definition) is 8. The zero-order valence-electron chi connectivity index (χ0n) is 23.6. The SMILES string of the molecule is CNC(=O)[C@H](CCCCNC(=N)N)NC(=O)c1csc([C@H]2C[C@@H](NC(C)=O)CN2C(=O)c2cn3cc(Cl)ccc3n2)n1.Cl. The fourth-order valence-corrected chi connectivity index (χ4v) is 5.91. The minimum Gasteiger partial charge on any atom is -0.370 e. The molecule has 0 aliphatic carbocycles. The first kappa shape index (κ1) is 33.6. The average Bonchev–Trinajstić information content (AvgIpc) is 3.68. The third-order valence-electron chi connectivity index (χ3n) is 6.75. The number of rotatable bonds is 11. The Morgan fingerprint density at radius 3 is 2.65 bits per heavy atom. The number of hydrogen-bond donors (Lipinski definition) is 6. The zero-order chi connectivity index (χ0) is 30.4. The van der Waals surface area contributed by atoms with Gasteiger partial charge in [-0.2, -0.15) is 0 Å². The maximum absolute atomic E-state index is 13.6. The Balaban J connectivity index is 0.00000506. The van der Waals surface area contributed by atoms with Crippen LogP contribution in [-0.2, 0) is 9.59 Å². The number of guanidine groups is 1. The molecule has 1 aliphatic rings. The molecular formula is C26H34Cl2N10O4S. The molecular weight excluding hydrogens is 619 g/mol. The summed E-state index contributed by atoms with van der Waals surface area (Å²) in [5.41, 5.74) is 6.18. The van der Waals surface area contributed by atoms with Gasteiger partial charge in [-0.15, -0.1) is 23.7 Å². The van der Waals surface area contributed by atoms with Crippen molar-refractivity contribution in [2.75, 3.05) is 20.1 Å². The summed E-state index contributed by atoms with van der Waals surface area (Å²) in [4.78, 5) is 61.5. The smallest absolute Gasteiger partial charge is 0.274 e. The van der Waals surface area contributed by atoms with Crippen molar-refractivity contribution in [2.45, 2.75) is 50.7 Å². The lowest BCUT2D eigenvalue weighted by Gasteiger charge is -2.22. The third kappa shape index (κ3) is 8.55. The number of nitrogens with one attached hydrogen (secondary N) is 5. The highest BCUT2D eigenvalue weighted by molar-refractivity contribution is 7.09. The number of nitrogens with zero attached hydrogens (tertiary/aromatic N) is 4. The van der Waals surface area contributed by atoms with Gasteiger partial charge in [0.2, 0.25) is 11.8 Å². The molecule has 4 rings (SSSR count). The molecule has 0 saturated carbocycles. The van der Waals surface area contributed by atoms with E-state index in [1.807, 2.05) is 0 Å². The molecule has 1 saturated heterocycles. The molecule has 14 nitrogen and oxygen atoms in total. The summed E-state index contributed by atoms with van der Waals surface area (Å²) < 4.78 is 1.67. The van der Waals surface area contributed by atoms with Crippen molar-refractivity contribution >= 4 is 70.6 Å². The Morgan fingerprint density at radius 1 is 1.19 bits per heavy atom. The molecule has 1 aliphatic heterocycles. The normalized spacial score (nSPS) is 16.7. The maximum atomic E-state index is 13.6. The molecule has 7 N–H and O–H groups in total. The van der Waals surface area contributed by atoms with E-state index in [4.69, 9.17) is 22.7 Å². The first-order chi connectivity index (χ1) is 20.0. The fourth-order valence-electron chi connectivity index (χ4n) is 4.82. The molecule has 43 heavy (non-hydrogen) atoms. The Hall–Kier alpha value is -3.95. The Morgan fingerprint density at radius 2 is 1.95 bits per heavy atom. The summed E-state index contributed by atoms with van der Waals surface area (Å²) in [6.45, 7) is 2.15. The van der Waals surface area contributed by atoms with Crippen LogP contribution in [0.25, 0.3) is 5.65 Å². The van der Waals surface area contributed by atoms with Crippen LogP contribution in [0.4, 0.5) is 0 Å². The third-order valence-corrected chi connectivity index (χ3v) is 7.92. The van der Waals surface area contributed by atoms with E-state index in [9.17, 15) is 19.2 Å². The van der Waals surface area contributed by atoms with Gasteiger partial charge in [-0.1, -0.05) is 11.6 Å². The van der Waals surface area contributed by atoms with Crippen molar-refractivity contribution in [1.82, 2.24) is 40.5 Å². The molecule has 3 aromatic heterocycles. The van der Waals surface area contributed by atoms with Crippen molar-refractivity contribution in [1.29, 1.82) is 5.41 Å².